The molecule has 0 saturated heterocycles. The van der Waals surface area contributed by atoms with Crippen molar-refractivity contribution in [3.63, 3.8) is 0 Å². The van der Waals surface area contributed by atoms with Gasteiger partial charge in [-0.05, 0) is 48.6 Å². The minimum atomic E-state index is 0.0660. The van der Waals surface area contributed by atoms with Crippen LogP contribution in [0.15, 0.2) is 66.4 Å². The monoisotopic (exact) mass is 295 g/mol. The van der Waals surface area contributed by atoms with Gasteiger partial charge in [0.15, 0.2) is 0 Å². The number of hydroxylamine groups is 1. The smallest absolute Gasteiger partial charge is 0.115 e. The van der Waals surface area contributed by atoms with Crippen LogP contribution in [0.4, 0.5) is 0 Å². The molecule has 1 heterocycles. The van der Waals surface area contributed by atoms with Crippen LogP contribution in [0.2, 0.25) is 0 Å². The standard InChI is InChI=1S/C19H21NO2/c21-18-11-9-16(10-12-18)13-19-14-17(20-22-19)8-4-7-15-5-2-1-3-6-15/h1-3,5-6,9-12,14,19-21H,4,7-8,13H2. The number of rotatable bonds is 6. The van der Waals surface area contributed by atoms with Gasteiger partial charge in [0.1, 0.15) is 11.9 Å². The van der Waals surface area contributed by atoms with E-state index in [1.54, 1.807) is 12.1 Å². The Balaban J connectivity index is 1.46. The molecule has 0 amide bonds. The lowest BCUT2D eigenvalue weighted by Crippen LogP contribution is -2.14. The lowest BCUT2D eigenvalue weighted by molar-refractivity contribution is 0.0417. The van der Waals surface area contributed by atoms with Crippen molar-refractivity contribution in [1.82, 2.24) is 5.48 Å². The molecule has 0 spiro atoms. The van der Waals surface area contributed by atoms with E-state index < -0.39 is 0 Å². The number of benzene rings is 2. The second-order valence-corrected chi connectivity index (χ2v) is 5.66. The van der Waals surface area contributed by atoms with Gasteiger partial charge < -0.3 is 5.11 Å². The third-order valence-corrected chi connectivity index (χ3v) is 3.86. The Morgan fingerprint density at radius 3 is 2.45 bits per heavy atom. The molecule has 2 N–H and O–H groups in total. The average molecular weight is 295 g/mol. The Hall–Kier alpha value is -2.26. The summed E-state index contributed by atoms with van der Waals surface area (Å²) in [5.74, 6) is 0.298. The van der Waals surface area contributed by atoms with Gasteiger partial charge in [0, 0.05) is 12.1 Å². The average Bonchev–Trinajstić information content (AvgIpc) is 2.98. The minimum absolute atomic E-state index is 0.0660. The maximum absolute atomic E-state index is 9.30. The molecule has 1 aliphatic rings. The molecule has 114 valence electrons. The lowest BCUT2D eigenvalue weighted by Gasteiger charge is -2.07. The Labute approximate surface area is 131 Å². The lowest BCUT2D eigenvalue weighted by atomic mass is 10.0. The number of aryl methyl sites for hydroxylation is 1. The SMILES string of the molecule is Oc1ccc(CC2C=C(CCCc3ccccc3)NO2)cc1. The predicted octanol–water partition coefficient (Wildman–Crippen LogP) is 3.74. The molecule has 3 rings (SSSR count). The molecule has 2 aromatic carbocycles. The van der Waals surface area contributed by atoms with Crippen LogP contribution in [-0.4, -0.2) is 11.2 Å². The van der Waals surface area contributed by atoms with Crippen LogP contribution in [0.5, 0.6) is 5.75 Å². The molecule has 0 saturated carbocycles. The van der Waals surface area contributed by atoms with Crippen LogP contribution in [0.25, 0.3) is 0 Å². The summed E-state index contributed by atoms with van der Waals surface area (Å²) >= 11 is 0. The molecular weight excluding hydrogens is 274 g/mol. The molecule has 0 bridgehead atoms. The highest BCUT2D eigenvalue weighted by Gasteiger charge is 2.16. The fourth-order valence-electron chi connectivity index (χ4n) is 2.67. The number of hydrogen-bond acceptors (Lipinski definition) is 3. The second kappa shape index (κ2) is 7.14. The normalized spacial score (nSPS) is 17.1. The third kappa shape index (κ3) is 4.12. The van der Waals surface area contributed by atoms with Gasteiger partial charge in [-0.3, -0.25) is 10.3 Å². The predicted molar refractivity (Wildman–Crippen MR) is 87.3 cm³/mol. The van der Waals surface area contributed by atoms with Gasteiger partial charge in [-0.1, -0.05) is 42.5 Å². The van der Waals surface area contributed by atoms with Crippen LogP contribution < -0.4 is 5.48 Å². The van der Waals surface area contributed by atoms with Crippen LogP contribution in [-0.2, 0) is 17.7 Å². The largest absolute Gasteiger partial charge is 0.508 e. The summed E-state index contributed by atoms with van der Waals surface area (Å²) in [4.78, 5) is 5.60. The van der Waals surface area contributed by atoms with Crippen molar-refractivity contribution in [2.75, 3.05) is 0 Å². The van der Waals surface area contributed by atoms with Crippen molar-refractivity contribution >= 4 is 0 Å². The molecule has 1 unspecified atom stereocenters. The zero-order chi connectivity index (χ0) is 15.2. The highest BCUT2D eigenvalue weighted by Crippen LogP contribution is 2.18. The molecule has 0 fully saturated rings. The van der Waals surface area contributed by atoms with Gasteiger partial charge >= 0.3 is 0 Å². The summed E-state index contributed by atoms with van der Waals surface area (Å²) in [6, 6.07) is 17.8. The maximum atomic E-state index is 9.30. The van der Waals surface area contributed by atoms with Gasteiger partial charge in [-0.2, -0.15) is 0 Å². The first-order chi connectivity index (χ1) is 10.8. The van der Waals surface area contributed by atoms with E-state index in [-0.39, 0.29) is 6.10 Å². The third-order valence-electron chi connectivity index (χ3n) is 3.86. The summed E-state index contributed by atoms with van der Waals surface area (Å²) in [5.41, 5.74) is 6.74. The summed E-state index contributed by atoms with van der Waals surface area (Å²) in [5, 5.41) is 9.30. The Kier molecular flexibility index (Phi) is 4.76. The Bertz CT molecular complexity index is 620. The van der Waals surface area contributed by atoms with Crippen molar-refractivity contribution in [2.24, 2.45) is 0 Å². The minimum Gasteiger partial charge on any atom is -0.508 e. The van der Waals surface area contributed by atoms with Crippen molar-refractivity contribution in [2.45, 2.75) is 31.8 Å². The fourth-order valence-corrected chi connectivity index (χ4v) is 2.67. The summed E-state index contributed by atoms with van der Waals surface area (Å²) in [7, 11) is 0. The number of allylic oxidation sites excluding steroid dienone is 1. The topological polar surface area (TPSA) is 41.5 Å². The van der Waals surface area contributed by atoms with Gasteiger partial charge in [-0.15, -0.1) is 0 Å². The zero-order valence-corrected chi connectivity index (χ0v) is 12.5. The molecule has 1 atom stereocenters. The maximum Gasteiger partial charge on any atom is 0.115 e. The summed E-state index contributed by atoms with van der Waals surface area (Å²) in [6.45, 7) is 0. The Morgan fingerprint density at radius 2 is 1.68 bits per heavy atom. The van der Waals surface area contributed by atoms with E-state index in [0.717, 1.165) is 31.2 Å². The first-order valence-corrected chi connectivity index (χ1v) is 7.74. The van der Waals surface area contributed by atoms with Crippen LogP contribution >= 0.6 is 0 Å². The molecular formula is C19H21NO2. The van der Waals surface area contributed by atoms with Crippen LogP contribution in [0.3, 0.4) is 0 Å². The van der Waals surface area contributed by atoms with Gasteiger partial charge in [0.25, 0.3) is 0 Å². The number of hydrogen-bond donors (Lipinski definition) is 2. The van der Waals surface area contributed by atoms with Crippen molar-refractivity contribution < 1.29 is 9.94 Å². The van der Waals surface area contributed by atoms with Crippen molar-refractivity contribution in [3.8, 4) is 5.75 Å². The van der Waals surface area contributed by atoms with Crippen molar-refractivity contribution in [3.05, 3.63) is 77.5 Å². The summed E-state index contributed by atoms with van der Waals surface area (Å²) < 4.78 is 0. The molecule has 0 aromatic heterocycles. The molecule has 22 heavy (non-hydrogen) atoms. The van der Waals surface area contributed by atoms with E-state index in [4.69, 9.17) is 4.84 Å². The summed E-state index contributed by atoms with van der Waals surface area (Å²) in [6.07, 6.45) is 6.24. The van der Waals surface area contributed by atoms with E-state index in [0.29, 0.717) is 5.75 Å². The first-order valence-electron chi connectivity index (χ1n) is 7.74. The quantitative estimate of drug-likeness (QED) is 0.853. The van der Waals surface area contributed by atoms with E-state index in [2.05, 4.69) is 35.8 Å². The van der Waals surface area contributed by atoms with Crippen LogP contribution in [0.1, 0.15) is 24.0 Å². The van der Waals surface area contributed by atoms with Crippen molar-refractivity contribution in [1.29, 1.82) is 0 Å². The number of nitrogens with one attached hydrogen (secondary N) is 1. The molecule has 3 heteroatoms. The van der Waals surface area contributed by atoms with Crippen LogP contribution in [0, 0.1) is 0 Å². The van der Waals surface area contributed by atoms with E-state index in [9.17, 15) is 5.11 Å². The number of phenols is 1. The van der Waals surface area contributed by atoms with E-state index >= 15 is 0 Å². The molecule has 1 aliphatic heterocycles. The van der Waals surface area contributed by atoms with Gasteiger partial charge in [0.05, 0.1) is 0 Å². The van der Waals surface area contributed by atoms with E-state index in [1.165, 1.54) is 11.3 Å². The van der Waals surface area contributed by atoms with E-state index in [1.807, 2.05) is 18.2 Å². The fraction of sp³-hybridized carbons (Fsp3) is 0.263. The second-order valence-electron chi connectivity index (χ2n) is 5.66. The number of aromatic hydroxyl groups is 1. The molecule has 0 radical (unpaired) electrons. The first kappa shape index (κ1) is 14.7. The highest BCUT2D eigenvalue weighted by molar-refractivity contribution is 5.27. The zero-order valence-electron chi connectivity index (χ0n) is 12.5. The molecule has 2 aromatic rings. The number of phenolic OH excluding ortho intramolecular Hbond substituents is 1. The van der Waals surface area contributed by atoms with Gasteiger partial charge in [-0.25, -0.2) is 0 Å². The molecule has 3 nitrogen and oxygen atoms in total. The Morgan fingerprint density at radius 1 is 0.909 bits per heavy atom. The highest BCUT2D eigenvalue weighted by atomic mass is 16.7. The van der Waals surface area contributed by atoms with Gasteiger partial charge in [0.2, 0.25) is 0 Å². The molecule has 0 aliphatic carbocycles.